The van der Waals surface area contributed by atoms with Gasteiger partial charge in [0.25, 0.3) is 0 Å². The number of unbranched alkanes of at least 4 members (excludes halogenated alkanes) is 1. The average Bonchev–Trinajstić information content (AvgIpc) is 2.31. The van der Waals surface area contributed by atoms with Gasteiger partial charge in [-0.2, -0.15) is 0 Å². The smallest absolute Gasteiger partial charge is 0.336 e. The summed E-state index contributed by atoms with van der Waals surface area (Å²) in [6.45, 7) is 1.45. The van der Waals surface area contributed by atoms with Crippen LogP contribution < -0.4 is 0 Å². The van der Waals surface area contributed by atoms with E-state index in [1.165, 1.54) is 19.1 Å². The molecule has 0 bridgehead atoms. The van der Waals surface area contributed by atoms with Crippen molar-refractivity contribution in [2.75, 3.05) is 5.75 Å². The second-order valence-corrected chi connectivity index (χ2v) is 6.52. The molecule has 1 N–H and O–H groups in total. The summed E-state index contributed by atoms with van der Waals surface area (Å²) in [7, 11) is -3.59. The molecule has 0 saturated carbocycles. The standard InChI is InChI=1S/C13H13ClO4S/c1-3-4-5-6-19(17,18)12-8-10(14)7-11(9(12)2)13(15)16/h1,7-8H,4-6H2,2H3,(H,15,16). The van der Waals surface area contributed by atoms with Crippen LogP contribution in [0.2, 0.25) is 5.02 Å². The molecular weight excluding hydrogens is 288 g/mol. The molecule has 0 aliphatic heterocycles. The van der Waals surface area contributed by atoms with Gasteiger partial charge in [0.2, 0.25) is 0 Å². The number of terminal acetylenes is 1. The van der Waals surface area contributed by atoms with Gasteiger partial charge in [0.15, 0.2) is 9.84 Å². The molecule has 1 aromatic rings. The molecule has 0 spiro atoms. The predicted octanol–water partition coefficient (Wildman–Crippen LogP) is 2.53. The normalized spacial score (nSPS) is 11.0. The Morgan fingerprint density at radius 1 is 1.47 bits per heavy atom. The van der Waals surface area contributed by atoms with Gasteiger partial charge in [0.1, 0.15) is 0 Å². The van der Waals surface area contributed by atoms with Crippen LogP contribution in [-0.4, -0.2) is 25.2 Å². The Hall–Kier alpha value is -1.51. The molecule has 0 aliphatic rings. The number of sulfone groups is 1. The van der Waals surface area contributed by atoms with E-state index in [2.05, 4.69) is 5.92 Å². The Balaban J connectivity index is 3.27. The van der Waals surface area contributed by atoms with Crippen LogP contribution in [0.5, 0.6) is 0 Å². The summed E-state index contributed by atoms with van der Waals surface area (Å²) in [6.07, 6.45) is 5.75. The monoisotopic (exact) mass is 300 g/mol. The summed E-state index contributed by atoms with van der Waals surface area (Å²) in [5, 5.41) is 9.10. The lowest BCUT2D eigenvalue weighted by atomic mass is 10.1. The van der Waals surface area contributed by atoms with Crippen molar-refractivity contribution in [3.8, 4) is 12.3 Å². The van der Waals surface area contributed by atoms with E-state index in [4.69, 9.17) is 23.1 Å². The van der Waals surface area contributed by atoms with Gasteiger partial charge in [-0.25, -0.2) is 13.2 Å². The third kappa shape index (κ3) is 3.72. The summed E-state index contributed by atoms with van der Waals surface area (Å²) in [5.41, 5.74) is 0.0839. The maximum absolute atomic E-state index is 12.1. The fraction of sp³-hybridized carbons (Fsp3) is 0.308. The van der Waals surface area contributed by atoms with Gasteiger partial charge >= 0.3 is 5.97 Å². The summed E-state index contributed by atoms with van der Waals surface area (Å²) in [6, 6.07) is 2.51. The zero-order valence-corrected chi connectivity index (χ0v) is 11.9. The van der Waals surface area contributed by atoms with Crippen molar-refractivity contribution in [3.63, 3.8) is 0 Å². The number of benzene rings is 1. The van der Waals surface area contributed by atoms with Crippen molar-refractivity contribution in [2.24, 2.45) is 0 Å². The van der Waals surface area contributed by atoms with Gasteiger partial charge in [-0.15, -0.1) is 12.3 Å². The maximum Gasteiger partial charge on any atom is 0.336 e. The van der Waals surface area contributed by atoms with E-state index in [1.54, 1.807) is 0 Å². The van der Waals surface area contributed by atoms with Crippen LogP contribution >= 0.6 is 11.6 Å². The van der Waals surface area contributed by atoms with E-state index in [1.807, 2.05) is 0 Å². The predicted molar refractivity (Wildman–Crippen MR) is 73.3 cm³/mol. The van der Waals surface area contributed by atoms with Crippen molar-refractivity contribution in [3.05, 3.63) is 28.3 Å². The van der Waals surface area contributed by atoms with Crippen LogP contribution in [0.4, 0.5) is 0 Å². The zero-order valence-electron chi connectivity index (χ0n) is 10.3. The molecule has 1 aromatic carbocycles. The molecule has 0 radical (unpaired) electrons. The van der Waals surface area contributed by atoms with Gasteiger partial charge in [-0.05, 0) is 31.0 Å². The molecular formula is C13H13ClO4S. The Kier molecular flexibility index (Phi) is 4.98. The van der Waals surface area contributed by atoms with Crippen molar-refractivity contribution in [1.82, 2.24) is 0 Å². The average molecular weight is 301 g/mol. The first-order valence-corrected chi connectivity index (χ1v) is 7.52. The van der Waals surface area contributed by atoms with E-state index in [0.717, 1.165) is 0 Å². The summed E-state index contributed by atoms with van der Waals surface area (Å²) >= 11 is 5.77. The van der Waals surface area contributed by atoms with Crippen LogP contribution in [0.25, 0.3) is 0 Å². The van der Waals surface area contributed by atoms with Crippen molar-refractivity contribution in [2.45, 2.75) is 24.7 Å². The molecule has 0 fully saturated rings. The number of aromatic carboxylic acids is 1. The highest BCUT2D eigenvalue weighted by atomic mass is 35.5. The summed E-state index contributed by atoms with van der Waals surface area (Å²) < 4.78 is 24.3. The molecule has 6 heteroatoms. The van der Waals surface area contributed by atoms with E-state index >= 15 is 0 Å². The van der Waals surface area contributed by atoms with Gasteiger partial charge in [0, 0.05) is 11.4 Å². The number of carboxylic acid groups (broad SMARTS) is 1. The van der Waals surface area contributed by atoms with Crippen molar-refractivity contribution >= 4 is 27.4 Å². The van der Waals surface area contributed by atoms with Crippen molar-refractivity contribution < 1.29 is 18.3 Å². The Bertz CT molecular complexity index is 641. The second kappa shape index (κ2) is 6.09. The first-order valence-electron chi connectivity index (χ1n) is 5.49. The van der Waals surface area contributed by atoms with Crippen LogP contribution in [0.1, 0.15) is 28.8 Å². The van der Waals surface area contributed by atoms with Crippen LogP contribution in [0.15, 0.2) is 17.0 Å². The largest absolute Gasteiger partial charge is 0.478 e. The number of halogens is 1. The molecule has 0 saturated heterocycles. The number of carbonyl (C=O) groups is 1. The lowest BCUT2D eigenvalue weighted by Gasteiger charge is -2.10. The topological polar surface area (TPSA) is 71.4 Å². The highest BCUT2D eigenvalue weighted by Crippen LogP contribution is 2.26. The fourth-order valence-corrected chi connectivity index (χ4v) is 3.58. The van der Waals surface area contributed by atoms with Gasteiger partial charge in [-0.1, -0.05) is 11.6 Å². The number of hydrogen-bond donors (Lipinski definition) is 1. The number of rotatable bonds is 5. The quantitative estimate of drug-likeness (QED) is 0.670. The molecule has 4 nitrogen and oxygen atoms in total. The lowest BCUT2D eigenvalue weighted by molar-refractivity contribution is 0.0696. The number of carboxylic acids is 1. The highest BCUT2D eigenvalue weighted by molar-refractivity contribution is 7.91. The zero-order chi connectivity index (χ0) is 14.6. The molecule has 0 heterocycles. The minimum Gasteiger partial charge on any atom is -0.478 e. The summed E-state index contributed by atoms with van der Waals surface area (Å²) in [5.74, 6) is 1.03. The Morgan fingerprint density at radius 3 is 2.63 bits per heavy atom. The molecule has 0 atom stereocenters. The Labute approximate surface area is 117 Å². The third-order valence-corrected chi connectivity index (χ3v) is 4.76. The first kappa shape index (κ1) is 15.5. The Morgan fingerprint density at radius 2 is 2.11 bits per heavy atom. The van der Waals surface area contributed by atoms with Gasteiger partial charge in [0.05, 0.1) is 16.2 Å². The molecule has 1 rings (SSSR count). The third-order valence-electron chi connectivity index (χ3n) is 2.62. The lowest BCUT2D eigenvalue weighted by Crippen LogP contribution is -2.11. The van der Waals surface area contributed by atoms with Crippen LogP contribution in [0, 0.1) is 19.3 Å². The fourth-order valence-electron chi connectivity index (χ4n) is 1.67. The molecule has 19 heavy (non-hydrogen) atoms. The SMILES string of the molecule is C#CCCCS(=O)(=O)c1cc(Cl)cc(C(=O)O)c1C. The summed E-state index contributed by atoms with van der Waals surface area (Å²) in [4.78, 5) is 11.0. The van der Waals surface area contributed by atoms with E-state index < -0.39 is 15.8 Å². The molecule has 0 aromatic heterocycles. The van der Waals surface area contributed by atoms with Crippen molar-refractivity contribution in [1.29, 1.82) is 0 Å². The highest BCUT2D eigenvalue weighted by Gasteiger charge is 2.21. The minimum atomic E-state index is -3.59. The minimum absolute atomic E-state index is 0.0468. The second-order valence-electron chi connectivity index (χ2n) is 4.01. The first-order chi connectivity index (χ1) is 8.79. The molecule has 0 amide bonds. The van der Waals surface area contributed by atoms with Crippen LogP contribution in [0.3, 0.4) is 0 Å². The van der Waals surface area contributed by atoms with E-state index in [-0.39, 0.29) is 26.8 Å². The molecule has 0 aliphatic carbocycles. The molecule has 0 unspecified atom stereocenters. The van der Waals surface area contributed by atoms with E-state index in [9.17, 15) is 13.2 Å². The van der Waals surface area contributed by atoms with Gasteiger partial charge < -0.3 is 5.11 Å². The van der Waals surface area contributed by atoms with Crippen LogP contribution in [-0.2, 0) is 9.84 Å². The van der Waals surface area contributed by atoms with E-state index in [0.29, 0.717) is 12.8 Å². The maximum atomic E-state index is 12.1. The van der Waals surface area contributed by atoms with Gasteiger partial charge in [-0.3, -0.25) is 0 Å². The number of hydrogen-bond acceptors (Lipinski definition) is 3. The molecule has 102 valence electrons.